The van der Waals surface area contributed by atoms with Gasteiger partial charge in [0.2, 0.25) is 0 Å². The molecular formula is C24H31N. The number of hydrogen-bond donors (Lipinski definition) is 0. The summed E-state index contributed by atoms with van der Waals surface area (Å²) in [6, 6.07) is 23.1. The van der Waals surface area contributed by atoms with Crippen molar-refractivity contribution in [3.05, 3.63) is 71.8 Å². The summed E-state index contributed by atoms with van der Waals surface area (Å²) in [6.07, 6.45) is 8.43. The fourth-order valence-corrected chi connectivity index (χ4v) is 5.25. The van der Waals surface area contributed by atoms with Crippen molar-refractivity contribution in [3.63, 3.8) is 0 Å². The van der Waals surface area contributed by atoms with E-state index in [-0.39, 0.29) is 5.41 Å². The largest absolute Gasteiger partial charge is 0.299 e. The van der Waals surface area contributed by atoms with E-state index in [2.05, 4.69) is 72.5 Å². The van der Waals surface area contributed by atoms with Crippen molar-refractivity contribution in [1.82, 2.24) is 4.90 Å². The van der Waals surface area contributed by atoms with Crippen molar-refractivity contribution in [3.8, 4) is 0 Å². The Labute approximate surface area is 153 Å². The molecule has 4 rings (SSSR count). The SMILES string of the molecule is CC1CC(c2ccccc2)(c2ccccc2)CN1CC1CCCCC1. The lowest BCUT2D eigenvalue weighted by molar-refractivity contribution is 0.192. The minimum atomic E-state index is 0.149. The maximum absolute atomic E-state index is 2.79. The molecule has 2 fully saturated rings. The molecule has 1 aliphatic heterocycles. The fourth-order valence-electron chi connectivity index (χ4n) is 5.25. The van der Waals surface area contributed by atoms with Gasteiger partial charge >= 0.3 is 0 Å². The molecule has 0 amide bonds. The predicted molar refractivity (Wildman–Crippen MR) is 106 cm³/mol. The van der Waals surface area contributed by atoms with E-state index in [0.29, 0.717) is 6.04 Å². The van der Waals surface area contributed by atoms with Crippen molar-refractivity contribution >= 4 is 0 Å². The van der Waals surface area contributed by atoms with Gasteiger partial charge in [-0.15, -0.1) is 0 Å². The molecule has 1 atom stereocenters. The average molecular weight is 334 g/mol. The topological polar surface area (TPSA) is 3.24 Å². The van der Waals surface area contributed by atoms with Gasteiger partial charge in [-0.05, 0) is 43.2 Å². The number of hydrogen-bond acceptors (Lipinski definition) is 1. The Bertz CT molecular complexity index is 618. The van der Waals surface area contributed by atoms with E-state index in [1.807, 2.05) is 0 Å². The standard InChI is InChI=1S/C24H31N/c1-20-17-24(22-13-7-3-8-14-22,23-15-9-4-10-16-23)19-25(20)18-21-11-5-2-6-12-21/h3-4,7-10,13-16,20-21H,2,5-6,11-12,17-19H2,1H3. The zero-order valence-electron chi connectivity index (χ0n) is 15.5. The van der Waals surface area contributed by atoms with E-state index in [4.69, 9.17) is 0 Å². The van der Waals surface area contributed by atoms with Gasteiger partial charge in [-0.3, -0.25) is 4.90 Å². The zero-order chi connectivity index (χ0) is 17.1. The van der Waals surface area contributed by atoms with Crippen LogP contribution in [0.3, 0.4) is 0 Å². The minimum absolute atomic E-state index is 0.149. The number of rotatable bonds is 4. The van der Waals surface area contributed by atoms with Gasteiger partial charge in [-0.25, -0.2) is 0 Å². The molecule has 0 N–H and O–H groups in total. The van der Waals surface area contributed by atoms with E-state index in [1.165, 1.54) is 62.7 Å². The molecule has 2 aliphatic rings. The van der Waals surface area contributed by atoms with Gasteiger partial charge in [0, 0.05) is 24.5 Å². The third-order valence-electron chi connectivity index (χ3n) is 6.61. The fraction of sp³-hybridized carbons (Fsp3) is 0.500. The lowest BCUT2D eigenvalue weighted by atomic mass is 9.73. The van der Waals surface area contributed by atoms with Crippen molar-refractivity contribution in [1.29, 1.82) is 0 Å². The van der Waals surface area contributed by atoms with Gasteiger partial charge < -0.3 is 0 Å². The maximum atomic E-state index is 2.79. The molecule has 0 bridgehead atoms. The molecule has 1 saturated heterocycles. The van der Waals surface area contributed by atoms with Crippen molar-refractivity contribution in [2.45, 2.75) is 56.9 Å². The van der Waals surface area contributed by atoms with Crippen molar-refractivity contribution in [2.75, 3.05) is 13.1 Å². The van der Waals surface area contributed by atoms with E-state index < -0.39 is 0 Å². The highest BCUT2D eigenvalue weighted by molar-refractivity contribution is 5.41. The van der Waals surface area contributed by atoms with Gasteiger partial charge in [0.25, 0.3) is 0 Å². The van der Waals surface area contributed by atoms with Gasteiger partial charge in [0.1, 0.15) is 0 Å². The van der Waals surface area contributed by atoms with Crippen LogP contribution in [0.1, 0.15) is 56.6 Å². The van der Waals surface area contributed by atoms with Gasteiger partial charge in [0.05, 0.1) is 0 Å². The molecule has 1 unspecified atom stereocenters. The summed E-state index contributed by atoms with van der Waals surface area (Å²) in [5.41, 5.74) is 3.12. The molecule has 25 heavy (non-hydrogen) atoms. The summed E-state index contributed by atoms with van der Waals surface area (Å²) in [4.78, 5) is 2.79. The molecule has 0 spiro atoms. The number of benzene rings is 2. The average Bonchev–Trinajstić information content (AvgIpc) is 3.01. The van der Waals surface area contributed by atoms with E-state index in [1.54, 1.807) is 0 Å². The van der Waals surface area contributed by atoms with Crippen LogP contribution in [0.2, 0.25) is 0 Å². The second kappa shape index (κ2) is 7.33. The van der Waals surface area contributed by atoms with Crippen LogP contribution >= 0.6 is 0 Å². The molecule has 1 aliphatic carbocycles. The molecule has 1 saturated carbocycles. The maximum Gasteiger partial charge on any atom is 0.0344 e. The van der Waals surface area contributed by atoms with E-state index in [0.717, 1.165) is 5.92 Å². The second-order valence-corrected chi connectivity index (χ2v) is 8.30. The zero-order valence-corrected chi connectivity index (χ0v) is 15.5. The monoisotopic (exact) mass is 333 g/mol. The molecule has 0 aromatic heterocycles. The number of nitrogens with zero attached hydrogens (tertiary/aromatic N) is 1. The molecule has 1 nitrogen and oxygen atoms in total. The van der Waals surface area contributed by atoms with Crippen LogP contribution in [0.5, 0.6) is 0 Å². The summed E-state index contributed by atoms with van der Waals surface area (Å²) < 4.78 is 0. The summed E-state index contributed by atoms with van der Waals surface area (Å²) in [5, 5.41) is 0. The van der Waals surface area contributed by atoms with Crippen LogP contribution in [0.4, 0.5) is 0 Å². The highest BCUT2D eigenvalue weighted by atomic mass is 15.2. The first-order valence-corrected chi connectivity index (χ1v) is 10.1. The molecule has 1 heterocycles. The normalized spacial score (nSPS) is 24.4. The molecule has 0 radical (unpaired) electrons. The van der Waals surface area contributed by atoms with Gasteiger partial charge in [0.15, 0.2) is 0 Å². The molecule has 2 aromatic carbocycles. The Morgan fingerprint density at radius 1 is 0.840 bits per heavy atom. The first-order valence-electron chi connectivity index (χ1n) is 10.1. The van der Waals surface area contributed by atoms with Crippen molar-refractivity contribution in [2.24, 2.45) is 5.92 Å². The summed E-state index contributed by atoms with van der Waals surface area (Å²) >= 11 is 0. The highest BCUT2D eigenvalue weighted by Gasteiger charge is 2.44. The van der Waals surface area contributed by atoms with Crippen molar-refractivity contribution < 1.29 is 0 Å². The Kier molecular flexibility index (Phi) is 4.94. The van der Waals surface area contributed by atoms with Crippen LogP contribution in [0, 0.1) is 5.92 Å². The lowest BCUT2D eigenvalue weighted by Crippen LogP contribution is -2.36. The highest BCUT2D eigenvalue weighted by Crippen LogP contribution is 2.44. The predicted octanol–water partition coefficient (Wildman–Crippen LogP) is 5.65. The first-order chi connectivity index (χ1) is 12.3. The third-order valence-corrected chi connectivity index (χ3v) is 6.61. The molecule has 1 heteroatoms. The van der Waals surface area contributed by atoms with E-state index in [9.17, 15) is 0 Å². The van der Waals surface area contributed by atoms with Crippen LogP contribution in [0.25, 0.3) is 0 Å². The van der Waals surface area contributed by atoms with Gasteiger partial charge in [-0.2, -0.15) is 0 Å². The molecule has 132 valence electrons. The lowest BCUT2D eigenvalue weighted by Gasteiger charge is -2.32. The summed E-state index contributed by atoms with van der Waals surface area (Å²) in [7, 11) is 0. The Morgan fingerprint density at radius 3 is 1.96 bits per heavy atom. The number of likely N-dealkylation sites (tertiary alicyclic amines) is 1. The second-order valence-electron chi connectivity index (χ2n) is 8.30. The Hall–Kier alpha value is -1.60. The first kappa shape index (κ1) is 16.8. The summed E-state index contributed by atoms with van der Waals surface area (Å²) in [6.45, 7) is 4.90. The van der Waals surface area contributed by atoms with Crippen LogP contribution in [-0.4, -0.2) is 24.0 Å². The smallest absolute Gasteiger partial charge is 0.0344 e. The Morgan fingerprint density at radius 2 is 1.40 bits per heavy atom. The van der Waals surface area contributed by atoms with E-state index >= 15 is 0 Å². The molecular weight excluding hydrogens is 302 g/mol. The van der Waals surface area contributed by atoms with Crippen LogP contribution in [-0.2, 0) is 5.41 Å². The van der Waals surface area contributed by atoms with Crippen LogP contribution < -0.4 is 0 Å². The van der Waals surface area contributed by atoms with Crippen LogP contribution in [0.15, 0.2) is 60.7 Å². The molecule has 2 aromatic rings. The minimum Gasteiger partial charge on any atom is -0.299 e. The third kappa shape index (κ3) is 3.40. The summed E-state index contributed by atoms with van der Waals surface area (Å²) in [5.74, 6) is 0.915. The Balaban J connectivity index is 1.63. The quantitative estimate of drug-likeness (QED) is 0.699. The van der Waals surface area contributed by atoms with Gasteiger partial charge in [-0.1, -0.05) is 79.9 Å².